The van der Waals surface area contributed by atoms with Crippen molar-refractivity contribution in [3.63, 3.8) is 0 Å². The van der Waals surface area contributed by atoms with Crippen LogP contribution in [-0.4, -0.2) is 32.1 Å². The van der Waals surface area contributed by atoms with Crippen LogP contribution < -0.4 is 5.73 Å². The average molecular weight is 363 g/mol. The highest BCUT2D eigenvalue weighted by Crippen LogP contribution is 2.25. The molecule has 0 radical (unpaired) electrons. The third kappa shape index (κ3) is 4.53. The second kappa shape index (κ2) is 8.03. The van der Waals surface area contributed by atoms with E-state index in [9.17, 15) is 4.79 Å². The number of hydrogen-bond donors (Lipinski definition) is 1. The van der Waals surface area contributed by atoms with E-state index in [-0.39, 0.29) is 5.91 Å². The molecule has 140 valence electrons. The maximum absolute atomic E-state index is 13.1. The molecule has 3 aromatic rings. The predicted octanol–water partition coefficient (Wildman–Crippen LogP) is 3.36. The number of amides is 1. The molecule has 2 aromatic heterocycles. The van der Waals surface area contributed by atoms with Gasteiger partial charge in [0.15, 0.2) is 0 Å². The van der Waals surface area contributed by atoms with Crippen molar-refractivity contribution in [3.8, 4) is 11.1 Å². The number of aromatic nitrogens is 3. The smallest absolute Gasteiger partial charge is 0.254 e. The molecular formula is C21H25N5O. The summed E-state index contributed by atoms with van der Waals surface area (Å²) in [5, 5.41) is 4.20. The molecule has 0 aliphatic rings. The average Bonchev–Trinajstić information content (AvgIpc) is 3.06. The molecule has 0 aliphatic carbocycles. The molecule has 0 spiro atoms. The van der Waals surface area contributed by atoms with Crippen LogP contribution in [0.5, 0.6) is 0 Å². The van der Waals surface area contributed by atoms with Crippen molar-refractivity contribution in [2.75, 3.05) is 12.3 Å². The highest BCUT2D eigenvalue weighted by atomic mass is 16.2. The number of aryl methyl sites for hydroxylation is 1. The van der Waals surface area contributed by atoms with Crippen molar-refractivity contribution in [1.82, 2.24) is 19.7 Å². The van der Waals surface area contributed by atoms with E-state index in [1.54, 1.807) is 29.3 Å². The molecule has 1 aromatic carbocycles. The Morgan fingerprint density at radius 3 is 2.52 bits per heavy atom. The van der Waals surface area contributed by atoms with E-state index in [1.807, 2.05) is 42.4 Å². The van der Waals surface area contributed by atoms with Crippen LogP contribution in [0.25, 0.3) is 11.1 Å². The summed E-state index contributed by atoms with van der Waals surface area (Å²) in [5.41, 5.74) is 10.2. The minimum Gasteiger partial charge on any atom is -0.398 e. The zero-order valence-corrected chi connectivity index (χ0v) is 16.0. The summed E-state index contributed by atoms with van der Waals surface area (Å²) in [4.78, 5) is 19.1. The fraction of sp³-hybridized carbons (Fsp3) is 0.286. The van der Waals surface area contributed by atoms with Crippen LogP contribution in [0, 0.1) is 5.92 Å². The SMILES string of the molecule is CC(C)CN(Cc1cnn(C)c1)C(=O)c1ccc(-c2cnccc2N)cc1. The number of rotatable bonds is 6. The van der Waals surface area contributed by atoms with Crippen molar-refractivity contribution < 1.29 is 4.79 Å². The summed E-state index contributed by atoms with van der Waals surface area (Å²) in [5.74, 6) is 0.387. The number of nitrogens with zero attached hydrogens (tertiary/aromatic N) is 4. The first kappa shape index (κ1) is 18.6. The fourth-order valence-electron chi connectivity index (χ4n) is 3.06. The lowest BCUT2D eigenvalue weighted by Gasteiger charge is -2.24. The standard InChI is InChI=1S/C21H25N5O/c1-15(2)12-26(14-16-10-24-25(3)13-16)21(27)18-6-4-17(5-7-18)19-11-23-9-8-20(19)22/h4-11,13,15H,12,14H2,1-3H3,(H2,22,23). The van der Waals surface area contributed by atoms with Crippen LogP contribution in [0.2, 0.25) is 0 Å². The van der Waals surface area contributed by atoms with Gasteiger partial charge in [0.1, 0.15) is 0 Å². The Hall–Kier alpha value is -3.15. The molecule has 0 bridgehead atoms. The Kier molecular flexibility index (Phi) is 5.54. The van der Waals surface area contributed by atoms with Gasteiger partial charge < -0.3 is 10.6 Å². The topological polar surface area (TPSA) is 77.0 Å². The molecule has 6 nitrogen and oxygen atoms in total. The molecule has 2 heterocycles. The van der Waals surface area contributed by atoms with Gasteiger partial charge in [-0.1, -0.05) is 26.0 Å². The first-order chi connectivity index (χ1) is 12.9. The van der Waals surface area contributed by atoms with Gasteiger partial charge >= 0.3 is 0 Å². The maximum Gasteiger partial charge on any atom is 0.254 e. The van der Waals surface area contributed by atoms with E-state index >= 15 is 0 Å². The van der Waals surface area contributed by atoms with Gasteiger partial charge in [0.2, 0.25) is 0 Å². The van der Waals surface area contributed by atoms with Crippen molar-refractivity contribution in [2.45, 2.75) is 20.4 Å². The van der Waals surface area contributed by atoms with Crippen molar-refractivity contribution in [3.05, 3.63) is 66.2 Å². The number of nitrogens with two attached hydrogens (primary N) is 1. The first-order valence-electron chi connectivity index (χ1n) is 9.00. The Morgan fingerprint density at radius 1 is 1.19 bits per heavy atom. The third-order valence-corrected chi connectivity index (χ3v) is 4.30. The summed E-state index contributed by atoms with van der Waals surface area (Å²) >= 11 is 0. The van der Waals surface area contributed by atoms with E-state index in [0.29, 0.717) is 30.3 Å². The summed E-state index contributed by atoms with van der Waals surface area (Å²) in [6.07, 6.45) is 7.14. The van der Waals surface area contributed by atoms with Gasteiger partial charge in [0.25, 0.3) is 5.91 Å². The normalized spacial score (nSPS) is 11.0. The maximum atomic E-state index is 13.1. The Labute approximate surface area is 159 Å². The lowest BCUT2D eigenvalue weighted by molar-refractivity contribution is 0.0722. The molecule has 6 heteroatoms. The second-order valence-electron chi connectivity index (χ2n) is 7.14. The number of nitrogen functional groups attached to an aromatic ring is 1. The van der Waals surface area contributed by atoms with Crippen LogP contribution in [0.1, 0.15) is 29.8 Å². The van der Waals surface area contributed by atoms with Crippen LogP contribution in [-0.2, 0) is 13.6 Å². The molecular weight excluding hydrogens is 338 g/mol. The number of benzene rings is 1. The van der Waals surface area contributed by atoms with Gasteiger partial charge in [-0.05, 0) is 29.7 Å². The van der Waals surface area contributed by atoms with E-state index in [1.165, 1.54) is 0 Å². The van der Waals surface area contributed by atoms with Gasteiger partial charge in [0.05, 0.1) is 6.20 Å². The summed E-state index contributed by atoms with van der Waals surface area (Å²) in [6.45, 7) is 5.45. The first-order valence-corrected chi connectivity index (χ1v) is 9.00. The zero-order chi connectivity index (χ0) is 19.4. The molecule has 0 aliphatic heterocycles. The van der Waals surface area contributed by atoms with Gasteiger partial charge in [-0.2, -0.15) is 5.10 Å². The van der Waals surface area contributed by atoms with Gasteiger partial charge in [-0.15, -0.1) is 0 Å². The predicted molar refractivity (Wildman–Crippen MR) is 107 cm³/mol. The number of pyridine rings is 1. The molecule has 27 heavy (non-hydrogen) atoms. The van der Waals surface area contributed by atoms with E-state index in [4.69, 9.17) is 5.73 Å². The second-order valence-corrected chi connectivity index (χ2v) is 7.14. The lowest BCUT2D eigenvalue weighted by atomic mass is 10.0. The summed E-state index contributed by atoms with van der Waals surface area (Å²) in [6, 6.07) is 9.30. The van der Waals surface area contributed by atoms with E-state index in [0.717, 1.165) is 16.7 Å². The minimum absolute atomic E-state index is 0.0123. The molecule has 3 rings (SSSR count). The molecule has 1 amide bonds. The van der Waals surface area contributed by atoms with Crippen LogP contribution in [0.15, 0.2) is 55.1 Å². The summed E-state index contributed by atoms with van der Waals surface area (Å²) < 4.78 is 1.75. The molecule has 0 saturated carbocycles. The summed E-state index contributed by atoms with van der Waals surface area (Å²) in [7, 11) is 1.88. The molecule has 0 unspecified atom stereocenters. The fourth-order valence-corrected chi connectivity index (χ4v) is 3.06. The van der Waals surface area contributed by atoms with Gasteiger partial charge in [0, 0.05) is 61.1 Å². The number of carbonyl (C=O) groups is 1. The van der Waals surface area contributed by atoms with Crippen molar-refractivity contribution in [1.29, 1.82) is 0 Å². The monoisotopic (exact) mass is 363 g/mol. The van der Waals surface area contributed by atoms with Gasteiger partial charge in [-0.25, -0.2) is 0 Å². The van der Waals surface area contributed by atoms with E-state index in [2.05, 4.69) is 23.9 Å². The Bertz CT molecular complexity index is 914. The number of anilines is 1. The highest BCUT2D eigenvalue weighted by molar-refractivity contribution is 5.95. The molecule has 0 fully saturated rings. The number of carbonyl (C=O) groups excluding carboxylic acids is 1. The van der Waals surface area contributed by atoms with Gasteiger partial charge in [-0.3, -0.25) is 14.5 Å². The minimum atomic E-state index is 0.0123. The van der Waals surface area contributed by atoms with Crippen molar-refractivity contribution in [2.24, 2.45) is 13.0 Å². The third-order valence-electron chi connectivity index (χ3n) is 4.30. The Morgan fingerprint density at radius 2 is 1.93 bits per heavy atom. The Balaban J connectivity index is 1.81. The molecule has 0 saturated heterocycles. The van der Waals surface area contributed by atoms with Crippen LogP contribution in [0.3, 0.4) is 0 Å². The quantitative estimate of drug-likeness (QED) is 0.728. The zero-order valence-electron chi connectivity index (χ0n) is 16.0. The highest BCUT2D eigenvalue weighted by Gasteiger charge is 2.18. The molecule has 0 atom stereocenters. The van der Waals surface area contributed by atoms with E-state index < -0.39 is 0 Å². The number of hydrogen-bond acceptors (Lipinski definition) is 4. The van der Waals surface area contributed by atoms with Crippen LogP contribution >= 0.6 is 0 Å². The van der Waals surface area contributed by atoms with Crippen LogP contribution in [0.4, 0.5) is 5.69 Å². The molecule has 2 N–H and O–H groups in total. The largest absolute Gasteiger partial charge is 0.398 e. The lowest BCUT2D eigenvalue weighted by Crippen LogP contribution is -2.33. The van der Waals surface area contributed by atoms with Crippen molar-refractivity contribution >= 4 is 11.6 Å².